The number of esters is 1. The van der Waals surface area contributed by atoms with Gasteiger partial charge in [0.05, 0.1) is 0 Å². The molecule has 0 radical (unpaired) electrons. The largest absolute Gasteiger partial charge is 0.423 e. The zero-order chi connectivity index (χ0) is 23.7. The number of ether oxygens (including phenoxy) is 1. The van der Waals surface area contributed by atoms with Gasteiger partial charge in [0.2, 0.25) is 0 Å². The van der Waals surface area contributed by atoms with Gasteiger partial charge in [-0.15, -0.1) is 0 Å². The van der Waals surface area contributed by atoms with E-state index in [1.54, 1.807) is 18.2 Å². The summed E-state index contributed by atoms with van der Waals surface area (Å²) in [6, 6.07) is 9.24. The van der Waals surface area contributed by atoms with Gasteiger partial charge in [0, 0.05) is 6.08 Å². The van der Waals surface area contributed by atoms with E-state index in [0.717, 1.165) is 12.8 Å². The quantitative estimate of drug-likeness (QED) is 0.0708. The van der Waals surface area contributed by atoms with Crippen molar-refractivity contribution < 1.29 is 9.53 Å². The van der Waals surface area contributed by atoms with Gasteiger partial charge in [-0.1, -0.05) is 153 Å². The zero-order valence-electron chi connectivity index (χ0n) is 21.7. The first kappa shape index (κ1) is 29.5. The fraction of sp³-hybridized carbons (Fsp3) is 0.710. The summed E-state index contributed by atoms with van der Waals surface area (Å²) in [6.45, 7) is 2.29. The molecule has 0 heterocycles. The van der Waals surface area contributed by atoms with E-state index in [1.807, 2.05) is 24.3 Å². The van der Waals surface area contributed by atoms with E-state index in [4.69, 9.17) is 4.74 Å². The van der Waals surface area contributed by atoms with Crippen LogP contribution in [0.15, 0.2) is 42.5 Å². The maximum absolute atomic E-state index is 11.7. The van der Waals surface area contributed by atoms with Gasteiger partial charge >= 0.3 is 5.97 Å². The Kier molecular flexibility index (Phi) is 21.1. The second kappa shape index (κ2) is 23.6. The first-order valence-corrected chi connectivity index (χ1v) is 14.3. The molecule has 1 aromatic rings. The third-order valence-electron chi connectivity index (χ3n) is 6.44. The minimum Gasteiger partial charge on any atom is -0.423 e. The van der Waals surface area contributed by atoms with Crippen molar-refractivity contribution in [3.05, 3.63) is 42.5 Å². The normalized spacial score (nSPS) is 11.3. The summed E-state index contributed by atoms with van der Waals surface area (Å²) >= 11 is 0. The Morgan fingerprint density at radius 2 is 1.00 bits per heavy atom. The Hall–Kier alpha value is -1.57. The number of benzene rings is 1. The molecule has 0 spiro atoms. The van der Waals surface area contributed by atoms with Crippen LogP contribution in [0.5, 0.6) is 5.75 Å². The molecule has 0 amide bonds. The number of hydrogen-bond acceptors (Lipinski definition) is 2. The summed E-state index contributed by atoms with van der Waals surface area (Å²) in [5.41, 5.74) is 0. The van der Waals surface area contributed by atoms with Crippen molar-refractivity contribution in [2.75, 3.05) is 0 Å². The molecule has 2 nitrogen and oxygen atoms in total. The Morgan fingerprint density at radius 3 is 1.42 bits per heavy atom. The first-order valence-electron chi connectivity index (χ1n) is 14.3. The highest BCUT2D eigenvalue weighted by atomic mass is 16.5. The van der Waals surface area contributed by atoms with Crippen molar-refractivity contribution >= 4 is 5.97 Å². The molecular formula is C31H52O2. The fourth-order valence-electron chi connectivity index (χ4n) is 4.34. The van der Waals surface area contributed by atoms with Crippen LogP contribution in [0.1, 0.15) is 142 Å². The van der Waals surface area contributed by atoms with Crippen LogP contribution in [-0.4, -0.2) is 5.97 Å². The number of rotatable bonds is 23. The molecule has 0 unspecified atom stereocenters. The Balaban J connectivity index is 1.73. The average molecular weight is 457 g/mol. The van der Waals surface area contributed by atoms with E-state index in [2.05, 4.69) is 6.92 Å². The maximum atomic E-state index is 11.7. The summed E-state index contributed by atoms with van der Waals surface area (Å²) < 4.78 is 5.24. The fourth-order valence-corrected chi connectivity index (χ4v) is 4.34. The van der Waals surface area contributed by atoms with Crippen molar-refractivity contribution in [1.82, 2.24) is 0 Å². The van der Waals surface area contributed by atoms with Crippen LogP contribution in [-0.2, 0) is 4.79 Å². The lowest BCUT2D eigenvalue weighted by Crippen LogP contribution is -2.03. The molecule has 33 heavy (non-hydrogen) atoms. The summed E-state index contributed by atoms with van der Waals surface area (Å²) in [4.78, 5) is 11.7. The number of carbonyl (C=O) groups excluding carboxylic acids is 1. The first-order chi connectivity index (χ1) is 16.3. The summed E-state index contributed by atoms with van der Waals surface area (Å²) in [7, 11) is 0. The number of unbranched alkanes of at least 4 members (excludes halogenated alkanes) is 20. The zero-order valence-corrected chi connectivity index (χ0v) is 21.7. The number of para-hydroxylation sites is 1. The van der Waals surface area contributed by atoms with E-state index in [-0.39, 0.29) is 5.97 Å². The second-order valence-electron chi connectivity index (χ2n) is 9.64. The van der Waals surface area contributed by atoms with Gasteiger partial charge in [0.25, 0.3) is 0 Å². The van der Waals surface area contributed by atoms with Crippen molar-refractivity contribution in [3.63, 3.8) is 0 Å². The number of carbonyl (C=O) groups is 1. The second-order valence-corrected chi connectivity index (χ2v) is 9.64. The minimum absolute atomic E-state index is 0.283. The van der Waals surface area contributed by atoms with E-state index < -0.39 is 0 Å². The molecule has 188 valence electrons. The molecule has 0 aliphatic rings. The molecule has 0 bridgehead atoms. The van der Waals surface area contributed by atoms with E-state index in [9.17, 15) is 4.79 Å². The van der Waals surface area contributed by atoms with Crippen LogP contribution in [0.2, 0.25) is 0 Å². The van der Waals surface area contributed by atoms with Crippen molar-refractivity contribution in [1.29, 1.82) is 0 Å². The lowest BCUT2D eigenvalue weighted by atomic mass is 10.0. The molecular weight excluding hydrogens is 404 g/mol. The molecule has 0 atom stereocenters. The molecule has 1 aromatic carbocycles. The molecule has 1 rings (SSSR count). The average Bonchev–Trinajstić information content (AvgIpc) is 2.83. The van der Waals surface area contributed by atoms with Crippen LogP contribution < -0.4 is 4.74 Å². The van der Waals surface area contributed by atoms with Gasteiger partial charge in [-0.05, 0) is 25.0 Å². The Labute approximate surface area is 205 Å². The van der Waals surface area contributed by atoms with Crippen molar-refractivity contribution in [3.8, 4) is 5.75 Å². The molecule has 0 saturated heterocycles. The monoisotopic (exact) mass is 456 g/mol. The van der Waals surface area contributed by atoms with Gasteiger partial charge in [-0.2, -0.15) is 0 Å². The molecule has 0 aromatic heterocycles. The molecule has 0 fully saturated rings. The maximum Gasteiger partial charge on any atom is 0.335 e. The van der Waals surface area contributed by atoms with Gasteiger partial charge < -0.3 is 4.74 Å². The molecule has 0 aliphatic carbocycles. The third kappa shape index (κ3) is 20.7. The third-order valence-corrected chi connectivity index (χ3v) is 6.44. The van der Waals surface area contributed by atoms with Gasteiger partial charge in [0.1, 0.15) is 5.75 Å². The Morgan fingerprint density at radius 1 is 0.606 bits per heavy atom. The topological polar surface area (TPSA) is 26.3 Å². The van der Waals surface area contributed by atoms with Crippen LogP contribution in [0.4, 0.5) is 0 Å². The van der Waals surface area contributed by atoms with Crippen LogP contribution in [0, 0.1) is 0 Å². The van der Waals surface area contributed by atoms with E-state index in [1.165, 1.54) is 122 Å². The highest BCUT2D eigenvalue weighted by Gasteiger charge is 1.99. The predicted molar refractivity (Wildman–Crippen MR) is 144 cm³/mol. The lowest BCUT2D eigenvalue weighted by molar-refractivity contribution is -0.129. The van der Waals surface area contributed by atoms with Gasteiger partial charge in [-0.25, -0.2) is 4.79 Å². The SMILES string of the molecule is CCCCCCCCCCCCCCCCCCCCCCC=CC(=O)Oc1ccccc1. The van der Waals surface area contributed by atoms with Gasteiger partial charge in [-0.3, -0.25) is 0 Å². The van der Waals surface area contributed by atoms with Crippen LogP contribution in [0.25, 0.3) is 0 Å². The standard InChI is InChI=1S/C31H52O2/c1-2-3-4-5-6-7-8-9-10-11-12-13-14-15-16-17-18-19-20-21-22-26-29-31(32)33-30-27-24-23-25-28-30/h23-29H,2-22H2,1H3. The minimum atomic E-state index is -0.283. The van der Waals surface area contributed by atoms with Gasteiger partial charge in [0.15, 0.2) is 0 Å². The summed E-state index contributed by atoms with van der Waals surface area (Å²) in [5.74, 6) is 0.320. The number of hydrogen-bond donors (Lipinski definition) is 0. The molecule has 0 N–H and O–H groups in total. The highest BCUT2D eigenvalue weighted by Crippen LogP contribution is 2.15. The molecule has 2 heteroatoms. The lowest BCUT2D eigenvalue weighted by Gasteiger charge is -2.04. The van der Waals surface area contributed by atoms with Crippen LogP contribution >= 0.6 is 0 Å². The van der Waals surface area contributed by atoms with Crippen molar-refractivity contribution in [2.45, 2.75) is 142 Å². The molecule has 0 saturated carbocycles. The highest BCUT2D eigenvalue weighted by molar-refractivity contribution is 5.83. The van der Waals surface area contributed by atoms with E-state index >= 15 is 0 Å². The summed E-state index contributed by atoms with van der Waals surface area (Å²) in [6.07, 6.45) is 32.5. The summed E-state index contributed by atoms with van der Waals surface area (Å²) in [5, 5.41) is 0. The van der Waals surface area contributed by atoms with Crippen LogP contribution in [0.3, 0.4) is 0 Å². The van der Waals surface area contributed by atoms with E-state index in [0.29, 0.717) is 5.75 Å². The smallest absolute Gasteiger partial charge is 0.335 e. The number of allylic oxidation sites excluding steroid dienone is 1. The van der Waals surface area contributed by atoms with Crippen molar-refractivity contribution in [2.24, 2.45) is 0 Å². The Bertz CT molecular complexity index is 564. The predicted octanol–water partition coefficient (Wildman–Crippen LogP) is 10.4. The molecule has 0 aliphatic heterocycles.